The van der Waals surface area contributed by atoms with E-state index in [1.807, 2.05) is 0 Å². The summed E-state index contributed by atoms with van der Waals surface area (Å²) in [5.41, 5.74) is -1.20. The van der Waals surface area contributed by atoms with Gasteiger partial charge in [0.25, 0.3) is 5.91 Å². The quantitative estimate of drug-likeness (QED) is 0.364. The average Bonchev–Trinajstić information content (AvgIpc) is 2.38. The lowest BCUT2D eigenvalue weighted by Crippen LogP contribution is -2.25. The molecule has 0 aliphatic rings. The van der Waals surface area contributed by atoms with E-state index in [1.165, 1.54) is 0 Å². The molecule has 0 saturated carbocycles. The van der Waals surface area contributed by atoms with Crippen LogP contribution in [-0.4, -0.2) is 29.1 Å². The minimum Gasteiger partial charge on any atom is -0.396 e. The van der Waals surface area contributed by atoms with Crippen LogP contribution in [0.15, 0.2) is 6.07 Å². The predicted molar refractivity (Wildman–Crippen MR) is 71.7 cm³/mol. The molecule has 110 valence electrons. The molecule has 0 aliphatic carbocycles. The van der Waals surface area contributed by atoms with Crippen LogP contribution >= 0.6 is 23.2 Å². The fourth-order valence-corrected chi connectivity index (χ4v) is 2.02. The molecule has 0 fully saturated rings. The van der Waals surface area contributed by atoms with Crippen LogP contribution in [0.5, 0.6) is 0 Å². The first-order valence-corrected chi connectivity index (χ1v) is 6.36. The summed E-state index contributed by atoms with van der Waals surface area (Å²) in [5.74, 6) is -1.84. The van der Waals surface area contributed by atoms with Crippen molar-refractivity contribution in [2.24, 2.45) is 0 Å². The largest absolute Gasteiger partial charge is 0.396 e. The number of rotatable bonds is 6. The normalized spacial score (nSPS) is 10.4. The van der Waals surface area contributed by atoms with Crippen molar-refractivity contribution in [2.75, 3.05) is 13.2 Å². The first kappa shape index (κ1) is 16.6. The third kappa shape index (κ3) is 3.78. The summed E-state index contributed by atoms with van der Waals surface area (Å²) in [5, 5.41) is 20.5. The van der Waals surface area contributed by atoms with Gasteiger partial charge in [-0.25, -0.2) is 4.39 Å². The number of halogens is 3. The molecule has 9 heteroatoms. The van der Waals surface area contributed by atoms with Crippen molar-refractivity contribution in [1.82, 2.24) is 5.32 Å². The van der Waals surface area contributed by atoms with E-state index < -0.39 is 32.4 Å². The highest BCUT2D eigenvalue weighted by Crippen LogP contribution is 2.37. The van der Waals surface area contributed by atoms with Gasteiger partial charge in [-0.1, -0.05) is 23.2 Å². The van der Waals surface area contributed by atoms with E-state index in [-0.39, 0.29) is 18.7 Å². The molecule has 0 atom stereocenters. The fourth-order valence-electron chi connectivity index (χ4n) is 1.45. The average molecular weight is 325 g/mol. The Labute approximate surface area is 123 Å². The molecule has 1 aromatic rings. The van der Waals surface area contributed by atoms with Crippen LogP contribution in [0.2, 0.25) is 10.0 Å². The molecule has 1 rings (SSSR count). The third-order valence-electron chi connectivity index (χ3n) is 2.43. The Bertz CT molecular complexity index is 540. The molecule has 0 aromatic heterocycles. The highest BCUT2D eigenvalue weighted by molar-refractivity contribution is 6.40. The van der Waals surface area contributed by atoms with Gasteiger partial charge in [0, 0.05) is 13.2 Å². The van der Waals surface area contributed by atoms with Gasteiger partial charge in [-0.05, 0) is 18.9 Å². The molecule has 0 spiro atoms. The van der Waals surface area contributed by atoms with Gasteiger partial charge in [-0.2, -0.15) is 0 Å². The number of carbonyl (C=O) groups is 1. The molecule has 0 radical (unpaired) electrons. The number of hydrogen-bond acceptors (Lipinski definition) is 4. The molecule has 0 saturated heterocycles. The Morgan fingerprint density at radius 3 is 2.60 bits per heavy atom. The zero-order valence-electron chi connectivity index (χ0n) is 10.2. The Kier molecular flexibility index (Phi) is 6.12. The topological polar surface area (TPSA) is 92.5 Å². The van der Waals surface area contributed by atoms with E-state index in [2.05, 4.69) is 5.32 Å². The number of nitrogens with zero attached hydrogens (tertiary/aromatic N) is 1. The van der Waals surface area contributed by atoms with Gasteiger partial charge >= 0.3 is 5.69 Å². The van der Waals surface area contributed by atoms with Crippen LogP contribution in [0.4, 0.5) is 10.1 Å². The van der Waals surface area contributed by atoms with E-state index in [9.17, 15) is 19.3 Å². The number of hydrogen-bond donors (Lipinski definition) is 2. The molecule has 0 unspecified atom stereocenters. The number of aliphatic hydroxyl groups excluding tert-OH is 1. The maximum atomic E-state index is 13.5. The van der Waals surface area contributed by atoms with E-state index in [0.717, 1.165) is 6.07 Å². The zero-order valence-corrected chi connectivity index (χ0v) is 11.7. The van der Waals surface area contributed by atoms with Crippen molar-refractivity contribution in [3.8, 4) is 0 Å². The van der Waals surface area contributed by atoms with Gasteiger partial charge in [0.15, 0.2) is 5.02 Å². The molecule has 0 heterocycles. The minimum atomic E-state index is -1.09. The van der Waals surface area contributed by atoms with Crippen LogP contribution in [-0.2, 0) is 0 Å². The third-order valence-corrected chi connectivity index (χ3v) is 3.17. The summed E-state index contributed by atoms with van der Waals surface area (Å²) in [6.45, 7) is 0.214. The Morgan fingerprint density at radius 1 is 1.40 bits per heavy atom. The second-order valence-corrected chi connectivity index (χ2v) is 4.58. The highest BCUT2D eigenvalue weighted by Gasteiger charge is 2.27. The molecule has 1 amide bonds. The highest BCUT2D eigenvalue weighted by atomic mass is 35.5. The summed E-state index contributed by atoms with van der Waals surface area (Å²) in [6.07, 6.45) is 1.00. The lowest BCUT2D eigenvalue weighted by Gasteiger charge is -2.08. The van der Waals surface area contributed by atoms with Crippen molar-refractivity contribution in [3.05, 3.63) is 37.6 Å². The number of nitrogens with one attached hydrogen (secondary N) is 1. The lowest BCUT2D eigenvalue weighted by molar-refractivity contribution is -0.384. The van der Waals surface area contributed by atoms with Gasteiger partial charge < -0.3 is 10.4 Å². The van der Waals surface area contributed by atoms with Crippen molar-refractivity contribution < 1.29 is 19.2 Å². The number of nitro benzene ring substituents is 1. The molecule has 6 nitrogen and oxygen atoms in total. The fraction of sp³-hybridized carbons (Fsp3) is 0.364. The lowest BCUT2D eigenvalue weighted by atomic mass is 10.1. The number of carbonyl (C=O) groups excluding carboxylic acids is 1. The Morgan fingerprint density at radius 2 is 2.05 bits per heavy atom. The van der Waals surface area contributed by atoms with Crippen LogP contribution in [0.1, 0.15) is 23.2 Å². The van der Waals surface area contributed by atoms with Crippen LogP contribution in [0.25, 0.3) is 0 Å². The first-order chi connectivity index (χ1) is 9.40. The monoisotopic (exact) mass is 324 g/mol. The van der Waals surface area contributed by atoms with Crippen LogP contribution < -0.4 is 5.32 Å². The summed E-state index contributed by atoms with van der Waals surface area (Å²) in [7, 11) is 0. The maximum Gasteiger partial charge on any atom is 0.310 e. The van der Waals surface area contributed by atoms with Crippen molar-refractivity contribution >= 4 is 34.8 Å². The van der Waals surface area contributed by atoms with Gasteiger partial charge in [0.05, 0.1) is 10.5 Å². The van der Waals surface area contributed by atoms with Crippen LogP contribution in [0, 0.1) is 15.9 Å². The summed E-state index contributed by atoms with van der Waals surface area (Å²) in [6, 6.07) is 0.749. The SMILES string of the molecule is O=C(NCCCCO)c1cc(F)c(Cl)c([N+](=O)[O-])c1Cl. The second-order valence-electron chi connectivity index (χ2n) is 3.83. The predicted octanol–water partition coefficient (Wildman–Crippen LogP) is 2.54. The molecule has 1 aromatic carbocycles. The molecule has 20 heavy (non-hydrogen) atoms. The summed E-state index contributed by atoms with van der Waals surface area (Å²) in [4.78, 5) is 21.6. The van der Waals surface area contributed by atoms with Gasteiger partial charge in [-0.15, -0.1) is 0 Å². The van der Waals surface area contributed by atoms with Crippen molar-refractivity contribution in [3.63, 3.8) is 0 Å². The maximum absolute atomic E-state index is 13.5. The van der Waals surface area contributed by atoms with Crippen molar-refractivity contribution in [1.29, 1.82) is 0 Å². The van der Waals surface area contributed by atoms with Crippen molar-refractivity contribution in [2.45, 2.75) is 12.8 Å². The zero-order chi connectivity index (χ0) is 15.3. The number of nitro groups is 1. The van der Waals surface area contributed by atoms with Gasteiger partial charge in [0.1, 0.15) is 10.8 Å². The molecule has 0 aliphatic heterocycles. The molecular weight excluding hydrogens is 314 g/mol. The van der Waals surface area contributed by atoms with Gasteiger partial charge in [0.2, 0.25) is 0 Å². The number of unbranched alkanes of at least 4 members (excludes halogenated alkanes) is 1. The standard InChI is InChI=1S/C11H11Cl2FN2O4/c12-8-6(11(18)15-3-1-2-4-17)5-7(14)9(13)10(8)16(19)20/h5,17H,1-4H2,(H,15,18). The molecule has 0 bridgehead atoms. The summed E-state index contributed by atoms with van der Waals surface area (Å²) >= 11 is 11.2. The number of amides is 1. The van der Waals surface area contributed by atoms with Gasteiger partial charge in [-0.3, -0.25) is 14.9 Å². The second kappa shape index (κ2) is 7.37. The van der Waals surface area contributed by atoms with E-state index in [1.54, 1.807) is 0 Å². The van der Waals surface area contributed by atoms with Crippen LogP contribution in [0.3, 0.4) is 0 Å². The Hall–Kier alpha value is -1.44. The minimum absolute atomic E-state index is 0.0162. The summed E-state index contributed by atoms with van der Waals surface area (Å²) < 4.78 is 13.5. The smallest absolute Gasteiger partial charge is 0.310 e. The molecule has 2 N–H and O–H groups in total. The van der Waals surface area contributed by atoms with E-state index in [4.69, 9.17) is 28.3 Å². The molecular formula is C11H11Cl2FN2O4. The number of benzene rings is 1. The van der Waals surface area contributed by atoms with E-state index in [0.29, 0.717) is 12.8 Å². The Balaban J connectivity index is 3.01. The first-order valence-electron chi connectivity index (χ1n) is 5.61. The number of aliphatic hydroxyl groups is 1. The van der Waals surface area contributed by atoms with E-state index >= 15 is 0 Å².